The SMILES string of the molecule is Cc1ccc(CN(C(=O)Cc2ccccc2F)[C@H](C)C(=O)NC(C)(C)C)cc1. The summed E-state index contributed by atoms with van der Waals surface area (Å²) >= 11 is 0. The first-order chi connectivity index (χ1) is 13.1. The fraction of sp³-hybridized carbons (Fsp3) is 0.391. The van der Waals surface area contributed by atoms with Crippen molar-refractivity contribution in [2.45, 2.75) is 59.2 Å². The molecule has 0 saturated heterocycles. The van der Waals surface area contributed by atoms with Gasteiger partial charge in [-0.1, -0.05) is 48.0 Å². The lowest BCUT2D eigenvalue weighted by atomic mass is 10.1. The van der Waals surface area contributed by atoms with Crippen LogP contribution in [0.3, 0.4) is 0 Å². The van der Waals surface area contributed by atoms with Crippen molar-refractivity contribution in [1.82, 2.24) is 10.2 Å². The van der Waals surface area contributed by atoms with Crippen molar-refractivity contribution < 1.29 is 14.0 Å². The average Bonchev–Trinajstić information content (AvgIpc) is 2.61. The van der Waals surface area contributed by atoms with Gasteiger partial charge in [0.05, 0.1) is 6.42 Å². The Kier molecular flexibility index (Phi) is 6.95. The first-order valence-electron chi connectivity index (χ1n) is 9.47. The molecular formula is C23H29FN2O2. The van der Waals surface area contributed by atoms with Gasteiger partial charge in [0.15, 0.2) is 0 Å². The lowest BCUT2D eigenvalue weighted by molar-refractivity contribution is -0.140. The maximum absolute atomic E-state index is 14.0. The van der Waals surface area contributed by atoms with Crippen LogP contribution < -0.4 is 5.32 Å². The van der Waals surface area contributed by atoms with Crippen molar-refractivity contribution >= 4 is 11.8 Å². The Balaban J connectivity index is 2.26. The topological polar surface area (TPSA) is 49.4 Å². The van der Waals surface area contributed by atoms with E-state index in [1.165, 1.54) is 11.0 Å². The van der Waals surface area contributed by atoms with Gasteiger partial charge in [-0.25, -0.2) is 4.39 Å². The van der Waals surface area contributed by atoms with Crippen molar-refractivity contribution in [3.05, 3.63) is 71.0 Å². The number of carbonyl (C=O) groups is 2. The zero-order valence-corrected chi connectivity index (χ0v) is 17.3. The molecule has 0 saturated carbocycles. The van der Waals surface area contributed by atoms with Crippen LogP contribution in [0.2, 0.25) is 0 Å². The van der Waals surface area contributed by atoms with E-state index in [1.807, 2.05) is 52.0 Å². The number of carbonyl (C=O) groups excluding carboxylic acids is 2. The molecule has 5 heteroatoms. The third-order valence-corrected chi connectivity index (χ3v) is 4.44. The maximum Gasteiger partial charge on any atom is 0.242 e. The zero-order chi connectivity index (χ0) is 20.9. The van der Waals surface area contributed by atoms with Crippen LogP contribution in [-0.4, -0.2) is 28.3 Å². The number of rotatable bonds is 6. The van der Waals surface area contributed by atoms with Gasteiger partial charge in [-0.2, -0.15) is 0 Å². The molecule has 0 aliphatic rings. The van der Waals surface area contributed by atoms with E-state index in [2.05, 4.69) is 5.32 Å². The lowest BCUT2D eigenvalue weighted by Crippen LogP contribution is -2.52. The van der Waals surface area contributed by atoms with E-state index < -0.39 is 17.4 Å². The smallest absolute Gasteiger partial charge is 0.242 e. The van der Waals surface area contributed by atoms with E-state index in [4.69, 9.17) is 0 Å². The van der Waals surface area contributed by atoms with Crippen LogP contribution in [0.25, 0.3) is 0 Å². The van der Waals surface area contributed by atoms with E-state index in [0.29, 0.717) is 5.56 Å². The third-order valence-electron chi connectivity index (χ3n) is 4.44. The number of benzene rings is 2. The molecule has 2 amide bonds. The van der Waals surface area contributed by atoms with E-state index in [0.717, 1.165) is 11.1 Å². The Labute approximate surface area is 166 Å². The highest BCUT2D eigenvalue weighted by Gasteiger charge is 2.28. The van der Waals surface area contributed by atoms with Crippen molar-refractivity contribution in [2.75, 3.05) is 0 Å². The van der Waals surface area contributed by atoms with Crippen LogP contribution in [0.5, 0.6) is 0 Å². The lowest BCUT2D eigenvalue weighted by Gasteiger charge is -2.31. The molecule has 4 nitrogen and oxygen atoms in total. The molecule has 150 valence electrons. The molecule has 2 aromatic rings. The van der Waals surface area contributed by atoms with Gasteiger partial charge in [0.2, 0.25) is 11.8 Å². The van der Waals surface area contributed by atoms with Gasteiger partial charge in [-0.05, 0) is 51.8 Å². The Morgan fingerprint density at radius 2 is 1.68 bits per heavy atom. The molecule has 0 aromatic heterocycles. The van der Waals surface area contributed by atoms with E-state index in [9.17, 15) is 14.0 Å². The summed E-state index contributed by atoms with van der Waals surface area (Å²) in [6, 6.07) is 13.3. The van der Waals surface area contributed by atoms with Crippen LogP contribution in [-0.2, 0) is 22.6 Å². The molecule has 0 aliphatic heterocycles. The van der Waals surface area contributed by atoms with Gasteiger partial charge in [-0.3, -0.25) is 9.59 Å². The van der Waals surface area contributed by atoms with Gasteiger partial charge in [0.1, 0.15) is 11.9 Å². The summed E-state index contributed by atoms with van der Waals surface area (Å²) in [6.45, 7) is 9.65. The molecule has 28 heavy (non-hydrogen) atoms. The van der Waals surface area contributed by atoms with Crippen LogP contribution in [0.15, 0.2) is 48.5 Å². The monoisotopic (exact) mass is 384 g/mol. The predicted octanol–water partition coefficient (Wildman–Crippen LogP) is 4.01. The number of hydrogen-bond acceptors (Lipinski definition) is 2. The molecule has 0 heterocycles. The first kappa shape index (κ1) is 21.6. The first-order valence-corrected chi connectivity index (χ1v) is 9.47. The van der Waals surface area contributed by atoms with Crippen molar-refractivity contribution in [3.8, 4) is 0 Å². The molecule has 2 rings (SSSR count). The minimum absolute atomic E-state index is 0.0916. The number of nitrogens with one attached hydrogen (secondary N) is 1. The quantitative estimate of drug-likeness (QED) is 0.818. The Bertz CT molecular complexity index is 825. The summed E-state index contributed by atoms with van der Waals surface area (Å²) in [7, 11) is 0. The number of amides is 2. The van der Waals surface area contributed by atoms with E-state index in [1.54, 1.807) is 25.1 Å². The number of hydrogen-bond donors (Lipinski definition) is 1. The van der Waals surface area contributed by atoms with Crippen LogP contribution in [0.4, 0.5) is 4.39 Å². The minimum atomic E-state index is -0.681. The number of aryl methyl sites for hydroxylation is 1. The van der Waals surface area contributed by atoms with E-state index >= 15 is 0 Å². The van der Waals surface area contributed by atoms with Gasteiger partial charge in [-0.15, -0.1) is 0 Å². The fourth-order valence-electron chi connectivity index (χ4n) is 2.85. The molecule has 1 atom stereocenters. The summed E-state index contributed by atoms with van der Waals surface area (Å²) in [6.07, 6.45) is -0.0916. The number of halogens is 1. The molecule has 0 radical (unpaired) electrons. The largest absolute Gasteiger partial charge is 0.350 e. The second-order valence-electron chi connectivity index (χ2n) is 8.19. The molecule has 2 aromatic carbocycles. The predicted molar refractivity (Wildman–Crippen MR) is 109 cm³/mol. The molecular weight excluding hydrogens is 355 g/mol. The Hall–Kier alpha value is -2.69. The number of nitrogens with zero attached hydrogens (tertiary/aromatic N) is 1. The summed E-state index contributed by atoms with van der Waals surface area (Å²) in [5.41, 5.74) is 1.95. The standard InChI is InChI=1S/C23H29FN2O2/c1-16-10-12-18(13-11-16)15-26(17(2)22(28)25-23(3,4)5)21(27)14-19-8-6-7-9-20(19)24/h6-13,17H,14-15H2,1-5H3,(H,25,28)/t17-/m1/s1. The molecule has 0 bridgehead atoms. The van der Waals surface area contributed by atoms with E-state index in [-0.39, 0.29) is 24.8 Å². The summed E-state index contributed by atoms with van der Waals surface area (Å²) < 4.78 is 14.0. The van der Waals surface area contributed by atoms with Gasteiger partial charge in [0.25, 0.3) is 0 Å². The Morgan fingerprint density at radius 3 is 2.25 bits per heavy atom. The van der Waals surface area contributed by atoms with Crippen molar-refractivity contribution in [3.63, 3.8) is 0 Å². The van der Waals surface area contributed by atoms with Crippen LogP contribution in [0, 0.1) is 12.7 Å². The van der Waals surface area contributed by atoms with Crippen molar-refractivity contribution in [1.29, 1.82) is 0 Å². The van der Waals surface area contributed by atoms with Gasteiger partial charge in [0, 0.05) is 12.1 Å². The molecule has 0 fully saturated rings. The third kappa shape index (κ3) is 6.19. The zero-order valence-electron chi connectivity index (χ0n) is 17.3. The van der Waals surface area contributed by atoms with Crippen molar-refractivity contribution in [2.24, 2.45) is 0 Å². The second-order valence-corrected chi connectivity index (χ2v) is 8.19. The van der Waals surface area contributed by atoms with Crippen LogP contribution >= 0.6 is 0 Å². The summed E-state index contributed by atoms with van der Waals surface area (Å²) in [4.78, 5) is 27.2. The average molecular weight is 384 g/mol. The molecule has 0 spiro atoms. The van der Waals surface area contributed by atoms with Gasteiger partial charge < -0.3 is 10.2 Å². The van der Waals surface area contributed by atoms with Gasteiger partial charge >= 0.3 is 0 Å². The van der Waals surface area contributed by atoms with Crippen LogP contribution in [0.1, 0.15) is 44.4 Å². The normalized spacial score (nSPS) is 12.4. The maximum atomic E-state index is 14.0. The minimum Gasteiger partial charge on any atom is -0.350 e. The Morgan fingerprint density at radius 1 is 1.07 bits per heavy atom. The second kappa shape index (κ2) is 9.00. The molecule has 1 N–H and O–H groups in total. The highest BCUT2D eigenvalue weighted by molar-refractivity contribution is 5.88. The highest BCUT2D eigenvalue weighted by Crippen LogP contribution is 2.15. The fourth-order valence-corrected chi connectivity index (χ4v) is 2.85. The highest BCUT2D eigenvalue weighted by atomic mass is 19.1. The summed E-state index contributed by atoms with van der Waals surface area (Å²) in [5, 5.41) is 2.92. The molecule has 0 unspecified atom stereocenters. The molecule has 0 aliphatic carbocycles. The summed E-state index contributed by atoms with van der Waals surface area (Å²) in [5.74, 6) is -0.943.